The van der Waals surface area contributed by atoms with Crippen molar-refractivity contribution in [3.05, 3.63) is 41.9 Å². The first-order valence-corrected chi connectivity index (χ1v) is 9.13. The summed E-state index contributed by atoms with van der Waals surface area (Å²) >= 11 is 0. The lowest BCUT2D eigenvalue weighted by Gasteiger charge is -2.37. The number of primary amides is 1. The molecule has 144 valence electrons. The second-order valence-electron chi connectivity index (χ2n) is 6.34. The number of halogens is 4. The van der Waals surface area contributed by atoms with Gasteiger partial charge in [0.2, 0.25) is 5.91 Å². The smallest absolute Gasteiger partial charge is 0.373 e. The van der Waals surface area contributed by atoms with E-state index in [0.29, 0.717) is 25.2 Å². The summed E-state index contributed by atoms with van der Waals surface area (Å²) in [7, 11) is -1.62. The van der Waals surface area contributed by atoms with Gasteiger partial charge in [-0.15, -0.1) is 0 Å². The number of amides is 1. The highest BCUT2D eigenvalue weighted by atomic mass is 31.1. The van der Waals surface area contributed by atoms with Gasteiger partial charge in [-0.3, -0.25) is 9.69 Å². The molecule has 1 aliphatic heterocycles. The molecule has 1 heterocycles. The topological polar surface area (TPSA) is 49.6 Å². The maximum absolute atomic E-state index is 14.0. The second kappa shape index (κ2) is 8.35. The van der Waals surface area contributed by atoms with Crippen LogP contribution in [0.5, 0.6) is 0 Å². The fraction of sp³-hybridized carbons (Fsp3) is 0.471. The Balaban J connectivity index is 2.09. The number of hydrogen-bond donors (Lipinski definition) is 1. The Bertz CT molecular complexity index is 672. The van der Waals surface area contributed by atoms with Crippen LogP contribution < -0.4 is 11.0 Å². The third kappa shape index (κ3) is 5.68. The molecule has 0 spiro atoms. The molecule has 26 heavy (non-hydrogen) atoms. The normalized spacial score (nSPS) is 17.7. The third-order valence-electron chi connectivity index (χ3n) is 4.37. The molecular formula is C17H22F4N3OP. The molecule has 1 amide bonds. The van der Waals surface area contributed by atoms with Crippen LogP contribution in [0.15, 0.2) is 30.5 Å². The van der Waals surface area contributed by atoms with Gasteiger partial charge in [-0.1, -0.05) is 18.7 Å². The maximum atomic E-state index is 14.0. The van der Waals surface area contributed by atoms with Crippen LogP contribution in [-0.4, -0.2) is 54.3 Å². The highest BCUT2D eigenvalue weighted by Crippen LogP contribution is 2.36. The number of nitrogens with zero attached hydrogens (tertiary/aromatic N) is 2. The highest BCUT2D eigenvalue weighted by Gasteiger charge is 2.30. The van der Waals surface area contributed by atoms with Gasteiger partial charge in [0, 0.05) is 52.3 Å². The van der Waals surface area contributed by atoms with Gasteiger partial charge in [-0.25, -0.2) is 4.39 Å². The molecule has 4 nitrogen and oxygen atoms in total. The number of nitrogens with two attached hydrogens (primary N) is 1. The van der Waals surface area contributed by atoms with Crippen molar-refractivity contribution in [2.45, 2.75) is 18.8 Å². The first kappa shape index (κ1) is 20.6. The zero-order chi connectivity index (χ0) is 19.5. The molecule has 9 heteroatoms. The van der Waals surface area contributed by atoms with Crippen molar-refractivity contribution in [1.29, 1.82) is 0 Å². The molecule has 1 fully saturated rings. The summed E-state index contributed by atoms with van der Waals surface area (Å²) in [6.07, 6.45) is 0. The van der Waals surface area contributed by atoms with Crippen LogP contribution in [-0.2, 0) is 4.79 Å². The zero-order valence-corrected chi connectivity index (χ0v) is 15.4. The largest absolute Gasteiger partial charge is 0.406 e. The molecular weight excluding hydrogens is 369 g/mol. The van der Waals surface area contributed by atoms with Crippen molar-refractivity contribution in [3.8, 4) is 0 Å². The van der Waals surface area contributed by atoms with Gasteiger partial charge in [0.15, 0.2) is 0 Å². The van der Waals surface area contributed by atoms with E-state index in [1.807, 2.05) is 11.8 Å². The lowest BCUT2D eigenvalue weighted by atomic mass is 9.97. The molecule has 1 saturated heterocycles. The molecule has 0 aliphatic carbocycles. The van der Waals surface area contributed by atoms with Crippen LogP contribution in [0.2, 0.25) is 0 Å². The molecule has 2 rings (SSSR count). The van der Waals surface area contributed by atoms with Gasteiger partial charge in [0.05, 0.1) is 5.92 Å². The number of allylic oxidation sites excluding steroid dienone is 1. The summed E-state index contributed by atoms with van der Waals surface area (Å²) < 4.78 is 51.4. The van der Waals surface area contributed by atoms with Crippen molar-refractivity contribution in [3.63, 3.8) is 0 Å². The summed E-state index contributed by atoms with van der Waals surface area (Å²) in [5, 5.41) is -0.417. The summed E-state index contributed by atoms with van der Waals surface area (Å²) in [4.78, 5) is 16.0. The van der Waals surface area contributed by atoms with Crippen LogP contribution in [0.1, 0.15) is 18.4 Å². The fourth-order valence-electron chi connectivity index (χ4n) is 2.93. The Morgan fingerprint density at radius 3 is 2.38 bits per heavy atom. The lowest BCUT2D eigenvalue weighted by molar-refractivity contribution is -0.120. The Labute approximate surface area is 151 Å². The highest BCUT2D eigenvalue weighted by molar-refractivity contribution is 7.48. The summed E-state index contributed by atoms with van der Waals surface area (Å²) in [5.41, 5.74) is 6.73. The van der Waals surface area contributed by atoms with Crippen molar-refractivity contribution in [2.75, 3.05) is 32.7 Å². The molecule has 1 aliphatic rings. The van der Waals surface area contributed by atoms with Gasteiger partial charge in [-0.05, 0) is 18.6 Å². The van der Waals surface area contributed by atoms with Crippen molar-refractivity contribution in [2.24, 2.45) is 5.73 Å². The van der Waals surface area contributed by atoms with Gasteiger partial charge < -0.3 is 10.6 Å². The van der Waals surface area contributed by atoms with Crippen LogP contribution in [0.4, 0.5) is 17.6 Å². The Morgan fingerprint density at radius 2 is 1.92 bits per heavy atom. The van der Waals surface area contributed by atoms with E-state index in [0.717, 1.165) is 30.9 Å². The van der Waals surface area contributed by atoms with Crippen LogP contribution in [0, 0.1) is 5.82 Å². The maximum Gasteiger partial charge on any atom is 0.406 e. The third-order valence-corrected chi connectivity index (χ3v) is 5.33. The Kier molecular flexibility index (Phi) is 6.64. The Hall–Kier alpha value is -1.66. The number of carbonyl (C=O) groups is 1. The molecule has 2 atom stereocenters. The minimum Gasteiger partial charge on any atom is -0.373 e. The van der Waals surface area contributed by atoms with Gasteiger partial charge in [0.25, 0.3) is 0 Å². The molecule has 0 radical (unpaired) electrons. The number of hydrogen-bond acceptors (Lipinski definition) is 3. The first-order chi connectivity index (χ1) is 12.1. The molecule has 1 aromatic carbocycles. The number of carbonyl (C=O) groups excluding carboxylic acids is 1. The van der Waals surface area contributed by atoms with E-state index in [1.54, 1.807) is 0 Å². The number of benzene rings is 1. The van der Waals surface area contributed by atoms with E-state index in [1.165, 1.54) is 6.07 Å². The molecule has 1 aromatic rings. The van der Waals surface area contributed by atoms with Crippen molar-refractivity contribution < 1.29 is 22.4 Å². The summed E-state index contributed by atoms with van der Waals surface area (Å²) in [5.74, 6) is -6.83. The van der Waals surface area contributed by atoms with Crippen LogP contribution in [0.3, 0.4) is 0 Å². The molecule has 1 unspecified atom stereocenters. The van der Waals surface area contributed by atoms with Crippen LogP contribution in [0.25, 0.3) is 0 Å². The minimum atomic E-state index is -4.46. The van der Waals surface area contributed by atoms with Gasteiger partial charge in [-0.2, -0.15) is 13.2 Å². The Morgan fingerprint density at radius 1 is 1.31 bits per heavy atom. The van der Waals surface area contributed by atoms with Crippen LogP contribution >= 0.6 is 8.58 Å². The predicted molar refractivity (Wildman–Crippen MR) is 95.2 cm³/mol. The second-order valence-corrected chi connectivity index (χ2v) is 7.70. The van der Waals surface area contributed by atoms with E-state index < -0.39 is 37.4 Å². The van der Waals surface area contributed by atoms with E-state index in [-0.39, 0.29) is 0 Å². The minimum absolute atomic E-state index is 0.299. The fourth-order valence-corrected chi connectivity index (χ4v) is 3.60. The molecule has 2 N–H and O–H groups in total. The summed E-state index contributed by atoms with van der Waals surface area (Å²) in [6, 6.07) is 3.44. The van der Waals surface area contributed by atoms with Crippen molar-refractivity contribution in [1.82, 2.24) is 9.80 Å². The standard InChI is InChI=1S/C17H22F4N3OP/c1-11(2)24-7-5-23(6-8-24)10-13(16(22)25)12-3-4-15(14(18)9-12)26-17(19,20)21/h3-4,9,13,26H,1,5-8,10H2,2H3,(H2,22,25)/t13-/m1/s1. The quantitative estimate of drug-likeness (QED) is 0.599. The average molecular weight is 391 g/mol. The van der Waals surface area contributed by atoms with Gasteiger partial charge in [0.1, 0.15) is 5.82 Å². The molecule has 0 bridgehead atoms. The number of piperazine rings is 1. The van der Waals surface area contributed by atoms with E-state index >= 15 is 0 Å². The average Bonchev–Trinajstić information content (AvgIpc) is 2.53. The summed E-state index contributed by atoms with van der Waals surface area (Å²) in [6.45, 7) is 9.06. The van der Waals surface area contributed by atoms with Gasteiger partial charge >= 0.3 is 5.92 Å². The van der Waals surface area contributed by atoms with E-state index in [4.69, 9.17) is 5.73 Å². The molecule has 0 saturated carbocycles. The van der Waals surface area contributed by atoms with E-state index in [2.05, 4.69) is 11.5 Å². The monoisotopic (exact) mass is 391 g/mol. The lowest BCUT2D eigenvalue weighted by Crippen LogP contribution is -2.47. The van der Waals surface area contributed by atoms with E-state index in [9.17, 15) is 22.4 Å². The SMILES string of the molecule is C=C(C)N1CCN(C[C@@H](C(N)=O)c2ccc(PC(F)(F)F)c(F)c2)CC1. The van der Waals surface area contributed by atoms with Crippen molar-refractivity contribution >= 4 is 19.8 Å². The predicted octanol–water partition coefficient (Wildman–Crippen LogP) is 2.37. The zero-order valence-electron chi connectivity index (χ0n) is 14.4. The first-order valence-electron chi connectivity index (χ1n) is 8.13. The molecule has 0 aromatic heterocycles. The number of alkyl halides is 3. The number of rotatable bonds is 6.